The number of piperidine rings is 1. The van der Waals surface area contributed by atoms with Crippen molar-refractivity contribution >= 4 is 17.5 Å². The van der Waals surface area contributed by atoms with E-state index < -0.39 is 17.7 Å². The Morgan fingerprint density at radius 1 is 1.18 bits per heavy atom. The van der Waals surface area contributed by atoms with Crippen LogP contribution in [-0.2, 0) is 0 Å². The second kappa shape index (κ2) is 7.71. The van der Waals surface area contributed by atoms with Crippen molar-refractivity contribution in [1.29, 1.82) is 0 Å². The van der Waals surface area contributed by atoms with E-state index in [0.717, 1.165) is 18.9 Å². The summed E-state index contributed by atoms with van der Waals surface area (Å²) in [5.41, 5.74) is 1.44. The number of carbonyl (C=O) groups excluding carboxylic acids is 1. The lowest BCUT2D eigenvalue weighted by atomic mass is 9.94. The number of hydrogen-bond donors (Lipinski definition) is 2. The Hall–Kier alpha value is -3.36. The van der Waals surface area contributed by atoms with Crippen molar-refractivity contribution in [3.63, 3.8) is 0 Å². The molecular formula is C19H18F2N6O. The number of carbonyl (C=O) groups is 1. The zero-order valence-corrected chi connectivity index (χ0v) is 14.9. The van der Waals surface area contributed by atoms with E-state index in [1.165, 1.54) is 12.1 Å². The first-order valence-corrected chi connectivity index (χ1v) is 8.98. The summed E-state index contributed by atoms with van der Waals surface area (Å²) in [6, 6.07) is 10.0. The molecule has 2 aromatic carbocycles. The average Bonchev–Trinajstić information content (AvgIpc) is 3.21. The lowest BCUT2D eigenvalue weighted by molar-refractivity contribution is 0.0607. The van der Waals surface area contributed by atoms with Crippen molar-refractivity contribution in [3.05, 3.63) is 65.2 Å². The molecule has 144 valence electrons. The van der Waals surface area contributed by atoms with Crippen LogP contribution < -0.4 is 5.32 Å². The predicted molar refractivity (Wildman–Crippen MR) is 97.9 cm³/mol. The molecule has 4 rings (SSSR count). The highest BCUT2D eigenvalue weighted by atomic mass is 19.1. The number of benzene rings is 2. The molecule has 28 heavy (non-hydrogen) atoms. The van der Waals surface area contributed by atoms with Gasteiger partial charge in [0.1, 0.15) is 11.6 Å². The van der Waals surface area contributed by atoms with Crippen LogP contribution in [-0.4, -0.2) is 38.0 Å². The molecule has 2 N–H and O–H groups in total. The third-order valence-electron chi connectivity index (χ3n) is 4.80. The Labute approximate surface area is 159 Å². The molecule has 1 aliphatic heterocycles. The number of hydrogen-bond acceptors (Lipinski definition) is 5. The van der Waals surface area contributed by atoms with Gasteiger partial charge in [0.25, 0.3) is 11.9 Å². The van der Waals surface area contributed by atoms with Gasteiger partial charge in [-0.25, -0.2) is 8.78 Å². The summed E-state index contributed by atoms with van der Waals surface area (Å²) < 4.78 is 27.6. The zero-order valence-electron chi connectivity index (χ0n) is 14.9. The number of aromatic nitrogens is 4. The Balaban J connectivity index is 1.60. The Kier molecular flexibility index (Phi) is 4.96. The number of nitrogens with one attached hydrogen (secondary N) is 2. The largest absolute Gasteiger partial charge is 0.331 e. The average molecular weight is 384 g/mol. The molecule has 1 aromatic heterocycles. The summed E-state index contributed by atoms with van der Waals surface area (Å²) in [7, 11) is 0. The van der Waals surface area contributed by atoms with E-state index in [1.807, 2.05) is 0 Å². The molecule has 0 saturated carbocycles. The van der Waals surface area contributed by atoms with E-state index in [2.05, 4.69) is 25.9 Å². The molecule has 9 heteroatoms. The smallest absolute Gasteiger partial charge is 0.267 e. The first-order chi connectivity index (χ1) is 13.6. The lowest BCUT2D eigenvalue weighted by Gasteiger charge is -2.36. The standard InChI is InChI=1S/C19H18F2N6O/c20-13-7-8-15(16(21)11-13)17-6-1-2-9-27(17)18(28)12-4-3-5-14(10-12)22-19-23-25-26-24-19/h3-5,7-8,10-11,17H,1-2,6,9H2,(H2,22,23,24,25,26). The number of amides is 1. The van der Waals surface area contributed by atoms with Crippen LogP contribution >= 0.6 is 0 Å². The van der Waals surface area contributed by atoms with E-state index in [0.29, 0.717) is 29.8 Å². The third-order valence-corrected chi connectivity index (χ3v) is 4.80. The van der Waals surface area contributed by atoms with Crippen LogP contribution in [0.1, 0.15) is 41.2 Å². The molecule has 1 amide bonds. The molecule has 3 aromatic rings. The third kappa shape index (κ3) is 3.68. The highest BCUT2D eigenvalue weighted by Crippen LogP contribution is 2.34. The minimum absolute atomic E-state index is 0.204. The minimum atomic E-state index is -0.629. The van der Waals surface area contributed by atoms with Crippen LogP contribution in [0.15, 0.2) is 42.5 Å². The summed E-state index contributed by atoms with van der Waals surface area (Å²) in [6.45, 7) is 0.517. The fourth-order valence-corrected chi connectivity index (χ4v) is 3.51. The van der Waals surface area contributed by atoms with Gasteiger partial charge in [-0.2, -0.15) is 5.21 Å². The van der Waals surface area contributed by atoms with Crippen molar-refractivity contribution in [2.24, 2.45) is 0 Å². The fraction of sp³-hybridized carbons (Fsp3) is 0.263. The highest BCUT2D eigenvalue weighted by Gasteiger charge is 2.30. The molecule has 2 heterocycles. The predicted octanol–water partition coefficient (Wildman–Crippen LogP) is 3.59. The van der Waals surface area contributed by atoms with Gasteiger partial charge in [0, 0.05) is 29.4 Å². The summed E-state index contributed by atoms with van der Waals surface area (Å²) in [5, 5.41) is 16.4. The molecule has 7 nitrogen and oxygen atoms in total. The van der Waals surface area contributed by atoms with Gasteiger partial charge < -0.3 is 10.2 Å². The zero-order chi connectivity index (χ0) is 19.5. The van der Waals surface area contributed by atoms with Gasteiger partial charge in [0.2, 0.25) is 0 Å². The lowest BCUT2D eigenvalue weighted by Crippen LogP contribution is -2.38. The number of H-pyrrole nitrogens is 1. The van der Waals surface area contributed by atoms with Crippen LogP contribution in [0.4, 0.5) is 20.4 Å². The van der Waals surface area contributed by atoms with Crippen LogP contribution in [0.5, 0.6) is 0 Å². The van der Waals surface area contributed by atoms with E-state index in [4.69, 9.17) is 0 Å². The number of rotatable bonds is 4. The van der Waals surface area contributed by atoms with Crippen molar-refractivity contribution < 1.29 is 13.6 Å². The summed E-state index contributed by atoms with van der Waals surface area (Å²) in [5.74, 6) is -1.17. The summed E-state index contributed by atoms with van der Waals surface area (Å²) >= 11 is 0. The normalized spacial score (nSPS) is 16.8. The Bertz CT molecular complexity index is 978. The molecule has 0 bridgehead atoms. The summed E-state index contributed by atoms with van der Waals surface area (Å²) in [6.07, 6.45) is 2.35. The van der Waals surface area contributed by atoms with Gasteiger partial charge in [0.05, 0.1) is 6.04 Å². The minimum Gasteiger partial charge on any atom is -0.331 e. The quantitative estimate of drug-likeness (QED) is 0.718. The molecule has 1 aliphatic rings. The maximum absolute atomic E-state index is 14.3. The number of halogens is 2. The number of likely N-dealkylation sites (tertiary alicyclic amines) is 1. The van der Waals surface area contributed by atoms with Crippen molar-refractivity contribution in [2.45, 2.75) is 25.3 Å². The monoisotopic (exact) mass is 384 g/mol. The number of anilines is 2. The molecule has 1 fully saturated rings. The van der Waals surface area contributed by atoms with E-state index in [9.17, 15) is 13.6 Å². The first kappa shape index (κ1) is 18.0. The maximum Gasteiger partial charge on any atom is 0.267 e. The molecule has 1 unspecified atom stereocenters. The van der Waals surface area contributed by atoms with Crippen LogP contribution in [0.3, 0.4) is 0 Å². The van der Waals surface area contributed by atoms with Crippen LogP contribution in [0.2, 0.25) is 0 Å². The maximum atomic E-state index is 14.3. The number of nitrogens with zero attached hydrogens (tertiary/aromatic N) is 4. The topological polar surface area (TPSA) is 86.8 Å². The van der Waals surface area contributed by atoms with Gasteiger partial charge in [-0.15, -0.1) is 5.10 Å². The van der Waals surface area contributed by atoms with Gasteiger partial charge in [0.15, 0.2) is 0 Å². The molecule has 1 atom stereocenters. The van der Waals surface area contributed by atoms with Crippen LogP contribution in [0.25, 0.3) is 0 Å². The molecule has 0 radical (unpaired) electrons. The fourth-order valence-electron chi connectivity index (χ4n) is 3.51. The highest BCUT2D eigenvalue weighted by molar-refractivity contribution is 5.95. The SMILES string of the molecule is O=C(c1cccc(Nc2nn[nH]n2)c1)N1CCCCC1c1ccc(F)cc1F. The van der Waals surface area contributed by atoms with E-state index in [1.54, 1.807) is 29.2 Å². The molecular weight excluding hydrogens is 366 g/mol. The Morgan fingerprint density at radius 2 is 2.07 bits per heavy atom. The van der Waals surface area contributed by atoms with Crippen LogP contribution in [0, 0.1) is 11.6 Å². The van der Waals surface area contributed by atoms with E-state index >= 15 is 0 Å². The molecule has 0 spiro atoms. The van der Waals surface area contributed by atoms with Gasteiger partial charge in [-0.1, -0.05) is 17.2 Å². The van der Waals surface area contributed by atoms with Crippen molar-refractivity contribution in [1.82, 2.24) is 25.5 Å². The van der Waals surface area contributed by atoms with Gasteiger partial charge in [-0.3, -0.25) is 4.79 Å². The first-order valence-electron chi connectivity index (χ1n) is 8.98. The van der Waals surface area contributed by atoms with E-state index in [-0.39, 0.29) is 11.9 Å². The van der Waals surface area contributed by atoms with Crippen molar-refractivity contribution in [3.8, 4) is 0 Å². The summed E-state index contributed by atoms with van der Waals surface area (Å²) in [4.78, 5) is 14.8. The second-order valence-corrected chi connectivity index (χ2v) is 6.62. The number of tetrazole rings is 1. The van der Waals surface area contributed by atoms with Crippen molar-refractivity contribution in [2.75, 3.05) is 11.9 Å². The Morgan fingerprint density at radius 3 is 2.86 bits per heavy atom. The number of aromatic amines is 1. The second-order valence-electron chi connectivity index (χ2n) is 6.62. The molecule has 0 aliphatic carbocycles. The van der Waals surface area contributed by atoms with Gasteiger partial charge >= 0.3 is 0 Å². The van der Waals surface area contributed by atoms with Gasteiger partial charge in [-0.05, 0) is 48.7 Å². The molecule has 1 saturated heterocycles.